The first-order chi connectivity index (χ1) is 10.0. The summed E-state index contributed by atoms with van der Waals surface area (Å²) in [7, 11) is 0. The summed E-state index contributed by atoms with van der Waals surface area (Å²) in [6.45, 7) is 5.94. The van der Waals surface area contributed by atoms with Gasteiger partial charge in [-0.25, -0.2) is 9.97 Å². The van der Waals surface area contributed by atoms with E-state index in [1.54, 1.807) is 0 Å². The summed E-state index contributed by atoms with van der Waals surface area (Å²) in [5.74, 6) is 1.60. The predicted molar refractivity (Wildman–Crippen MR) is 81.9 cm³/mol. The zero-order chi connectivity index (χ0) is 15.0. The molecule has 0 atom stereocenters. The zero-order valence-electron chi connectivity index (χ0n) is 11.8. The monoisotopic (exact) mass is 322 g/mol. The molecule has 0 aliphatic carbocycles. The van der Waals surface area contributed by atoms with Crippen molar-refractivity contribution in [2.24, 2.45) is 0 Å². The molecule has 0 saturated carbocycles. The van der Waals surface area contributed by atoms with Gasteiger partial charge in [-0.3, -0.25) is 9.89 Å². The maximum absolute atomic E-state index is 12.1. The van der Waals surface area contributed by atoms with Gasteiger partial charge < -0.3 is 0 Å². The van der Waals surface area contributed by atoms with Crippen LogP contribution in [0.1, 0.15) is 36.3 Å². The molecule has 3 aromatic heterocycles. The minimum atomic E-state index is -0.148. The summed E-state index contributed by atoms with van der Waals surface area (Å²) in [5, 5.41) is 12.7. The number of hydrogen-bond donors (Lipinski definition) is 1. The number of aromatic amines is 1. The van der Waals surface area contributed by atoms with Crippen molar-refractivity contribution in [2.45, 2.75) is 37.6 Å². The van der Waals surface area contributed by atoms with E-state index in [4.69, 9.17) is 0 Å². The highest BCUT2D eigenvalue weighted by atomic mass is 32.2. The lowest BCUT2D eigenvalue weighted by atomic mass is 10.2. The van der Waals surface area contributed by atoms with Crippen molar-refractivity contribution in [2.75, 3.05) is 0 Å². The number of aromatic nitrogens is 6. The third kappa shape index (κ3) is 2.98. The lowest BCUT2D eigenvalue weighted by Crippen LogP contribution is -2.15. The van der Waals surface area contributed by atoms with E-state index in [0.717, 1.165) is 10.8 Å². The van der Waals surface area contributed by atoms with Gasteiger partial charge in [0.15, 0.2) is 0 Å². The Bertz CT molecular complexity index is 834. The Morgan fingerprint density at radius 2 is 2.24 bits per heavy atom. The van der Waals surface area contributed by atoms with Crippen LogP contribution < -0.4 is 5.56 Å². The Balaban J connectivity index is 1.87. The summed E-state index contributed by atoms with van der Waals surface area (Å²) in [6.07, 6.45) is 0. The van der Waals surface area contributed by atoms with Gasteiger partial charge in [0.2, 0.25) is 10.1 Å². The standard InChI is InChI=1S/C12H14N6OS2/c1-6(2)10-17-18-9(19)4-8(14-12(18)21-10)5-20-11-13-7(3)15-16-11/h4,6H,5H2,1-3H3,(H,13,15,16). The molecular weight excluding hydrogens is 308 g/mol. The minimum Gasteiger partial charge on any atom is -0.267 e. The van der Waals surface area contributed by atoms with Crippen LogP contribution in [0.3, 0.4) is 0 Å². The Labute approximate surface area is 128 Å². The number of nitrogens with zero attached hydrogens (tertiary/aromatic N) is 5. The molecule has 7 nitrogen and oxygen atoms in total. The summed E-state index contributed by atoms with van der Waals surface area (Å²) in [6, 6.07) is 1.52. The lowest BCUT2D eigenvalue weighted by Gasteiger charge is -1.97. The summed E-state index contributed by atoms with van der Waals surface area (Å²) < 4.78 is 1.37. The first-order valence-corrected chi connectivity index (χ1v) is 8.24. The van der Waals surface area contributed by atoms with Crippen molar-refractivity contribution in [3.05, 3.63) is 32.9 Å². The second-order valence-electron chi connectivity index (χ2n) is 4.87. The molecular formula is C12H14N6OS2. The van der Waals surface area contributed by atoms with Gasteiger partial charge in [0.1, 0.15) is 10.8 Å². The van der Waals surface area contributed by atoms with Crippen LogP contribution in [-0.4, -0.2) is 29.8 Å². The number of hydrogen-bond acceptors (Lipinski definition) is 7. The second kappa shape index (κ2) is 5.57. The van der Waals surface area contributed by atoms with E-state index in [2.05, 4.69) is 25.3 Å². The van der Waals surface area contributed by atoms with Crippen LogP contribution in [0.15, 0.2) is 16.0 Å². The number of fused-ring (bicyclic) bond motifs is 1. The average Bonchev–Trinajstić information content (AvgIpc) is 3.03. The molecule has 0 aliphatic rings. The maximum Gasteiger partial charge on any atom is 0.275 e. The lowest BCUT2D eigenvalue weighted by molar-refractivity contribution is 0.782. The van der Waals surface area contributed by atoms with Gasteiger partial charge in [-0.1, -0.05) is 36.9 Å². The molecule has 3 rings (SSSR count). The van der Waals surface area contributed by atoms with E-state index >= 15 is 0 Å². The highest BCUT2D eigenvalue weighted by molar-refractivity contribution is 7.98. The third-order valence-electron chi connectivity index (χ3n) is 2.73. The Morgan fingerprint density at radius 1 is 1.43 bits per heavy atom. The number of thioether (sulfide) groups is 1. The predicted octanol–water partition coefficient (Wildman–Crippen LogP) is 1.99. The van der Waals surface area contributed by atoms with Crippen molar-refractivity contribution in [3.63, 3.8) is 0 Å². The average molecular weight is 322 g/mol. The van der Waals surface area contributed by atoms with Crippen LogP contribution in [0.5, 0.6) is 0 Å². The van der Waals surface area contributed by atoms with E-state index in [1.165, 1.54) is 33.7 Å². The molecule has 0 radical (unpaired) electrons. The Kier molecular flexibility index (Phi) is 3.77. The molecule has 0 bridgehead atoms. The van der Waals surface area contributed by atoms with Crippen molar-refractivity contribution in [3.8, 4) is 0 Å². The summed E-state index contributed by atoms with van der Waals surface area (Å²) >= 11 is 2.90. The van der Waals surface area contributed by atoms with Gasteiger partial charge in [-0.05, 0) is 6.92 Å². The van der Waals surface area contributed by atoms with Gasteiger partial charge in [-0.15, -0.1) is 5.10 Å². The van der Waals surface area contributed by atoms with Crippen LogP contribution in [0.25, 0.3) is 4.96 Å². The quantitative estimate of drug-likeness (QED) is 0.739. The zero-order valence-corrected chi connectivity index (χ0v) is 13.5. The molecule has 0 aromatic carbocycles. The highest BCUT2D eigenvalue weighted by Crippen LogP contribution is 2.21. The fourth-order valence-corrected chi connectivity index (χ4v) is 3.37. The van der Waals surface area contributed by atoms with Gasteiger partial charge in [0, 0.05) is 17.7 Å². The van der Waals surface area contributed by atoms with Gasteiger partial charge in [0.05, 0.1) is 5.69 Å². The van der Waals surface area contributed by atoms with Crippen molar-refractivity contribution in [1.82, 2.24) is 29.8 Å². The van der Waals surface area contributed by atoms with Crippen molar-refractivity contribution < 1.29 is 0 Å². The Hall–Kier alpha value is -1.74. The van der Waals surface area contributed by atoms with E-state index in [1.807, 2.05) is 20.8 Å². The molecule has 110 valence electrons. The molecule has 0 spiro atoms. The second-order valence-corrected chi connectivity index (χ2v) is 6.80. The Morgan fingerprint density at radius 3 is 2.90 bits per heavy atom. The van der Waals surface area contributed by atoms with Crippen LogP contribution in [0, 0.1) is 6.92 Å². The fourth-order valence-electron chi connectivity index (χ4n) is 1.70. The molecule has 21 heavy (non-hydrogen) atoms. The maximum atomic E-state index is 12.1. The normalized spacial score (nSPS) is 11.6. The SMILES string of the molecule is Cc1nc(SCc2cc(=O)n3nc(C(C)C)sc3n2)n[nH]1. The molecule has 0 aliphatic heterocycles. The molecule has 1 N–H and O–H groups in total. The fraction of sp³-hybridized carbons (Fsp3) is 0.417. The molecule has 3 heterocycles. The number of H-pyrrole nitrogens is 1. The third-order valence-corrected chi connectivity index (χ3v) is 4.82. The van der Waals surface area contributed by atoms with Crippen LogP contribution in [-0.2, 0) is 5.75 Å². The van der Waals surface area contributed by atoms with Gasteiger partial charge >= 0.3 is 0 Å². The number of nitrogens with one attached hydrogen (secondary N) is 1. The van der Waals surface area contributed by atoms with Crippen molar-refractivity contribution >= 4 is 28.1 Å². The topological polar surface area (TPSA) is 88.8 Å². The van der Waals surface area contributed by atoms with Gasteiger partial charge in [0.25, 0.3) is 5.56 Å². The first kappa shape index (κ1) is 14.2. The first-order valence-electron chi connectivity index (χ1n) is 6.44. The van der Waals surface area contributed by atoms with E-state index in [-0.39, 0.29) is 11.5 Å². The molecule has 9 heteroatoms. The van der Waals surface area contributed by atoms with E-state index in [9.17, 15) is 4.79 Å². The molecule has 0 unspecified atom stereocenters. The largest absolute Gasteiger partial charge is 0.275 e. The summed E-state index contributed by atoms with van der Waals surface area (Å²) in [5.41, 5.74) is 0.566. The minimum absolute atomic E-state index is 0.148. The van der Waals surface area contributed by atoms with Gasteiger partial charge in [-0.2, -0.15) is 9.61 Å². The molecule has 0 fully saturated rings. The van der Waals surface area contributed by atoms with Crippen molar-refractivity contribution in [1.29, 1.82) is 0 Å². The highest BCUT2D eigenvalue weighted by Gasteiger charge is 2.12. The molecule has 0 saturated heterocycles. The molecule has 0 amide bonds. The van der Waals surface area contributed by atoms with Crippen LogP contribution in [0.2, 0.25) is 0 Å². The van der Waals surface area contributed by atoms with Crippen LogP contribution >= 0.6 is 23.1 Å². The number of aryl methyl sites for hydroxylation is 1. The smallest absolute Gasteiger partial charge is 0.267 e. The van der Waals surface area contributed by atoms with E-state index in [0.29, 0.717) is 21.6 Å². The molecule has 3 aromatic rings. The van der Waals surface area contributed by atoms with E-state index < -0.39 is 0 Å². The number of rotatable bonds is 4. The summed E-state index contributed by atoms with van der Waals surface area (Å²) in [4.78, 5) is 21.4. The van der Waals surface area contributed by atoms with Crippen LogP contribution in [0.4, 0.5) is 0 Å².